The summed E-state index contributed by atoms with van der Waals surface area (Å²) < 4.78 is 27.4. The molecular weight excluding hydrogens is 362 g/mol. The van der Waals surface area contributed by atoms with Crippen LogP contribution in [-0.2, 0) is 11.2 Å². The van der Waals surface area contributed by atoms with Crippen LogP contribution in [0.25, 0.3) is 0 Å². The molecule has 1 aliphatic heterocycles. The van der Waals surface area contributed by atoms with Crippen LogP contribution in [0.5, 0.6) is 0 Å². The Bertz CT molecular complexity index is 919. The van der Waals surface area contributed by atoms with Gasteiger partial charge in [-0.05, 0) is 43.5 Å². The van der Waals surface area contributed by atoms with Crippen molar-refractivity contribution in [3.8, 4) is 0 Å². The Hall–Kier alpha value is -2.76. The fourth-order valence-electron chi connectivity index (χ4n) is 3.42. The smallest absolute Gasteiger partial charge is 0.256 e. The third-order valence-corrected chi connectivity index (χ3v) is 5.24. The maximum Gasteiger partial charge on any atom is 0.256 e. The molecule has 1 saturated heterocycles. The first-order valence-electron chi connectivity index (χ1n) is 9.35. The molecule has 0 unspecified atom stereocenters. The number of halogens is 2. The second kappa shape index (κ2) is 8.09. The Morgan fingerprint density at radius 3 is 2.18 bits per heavy atom. The molecule has 0 spiro atoms. The molecule has 0 radical (unpaired) electrons. The number of hydrogen-bond acceptors (Lipinski definition) is 2. The summed E-state index contributed by atoms with van der Waals surface area (Å²) in [5.41, 5.74) is 3.30. The molecule has 148 valence electrons. The Labute approximate surface area is 163 Å². The van der Waals surface area contributed by atoms with Gasteiger partial charge in [0.1, 0.15) is 11.6 Å². The summed E-state index contributed by atoms with van der Waals surface area (Å²) in [6, 6.07) is 8.03. The zero-order chi connectivity index (χ0) is 20.4. The highest BCUT2D eigenvalue weighted by atomic mass is 19.1. The Kier molecular flexibility index (Phi) is 5.77. The number of nitrogens with zero attached hydrogens (tertiary/aromatic N) is 2. The maximum atomic E-state index is 14.0. The highest BCUT2D eigenvalue weighted by Crippen LogP contribution is 2.18. The van der Waals surface area contributed by atoms with Crippen LogP contribution in [-0.4, -0.2) is 47.8 Å². The van der Waals surface area contributed by atoms with Crippen molar-refractivity contribution in [2.75, 3.05) is 26.2 Å². The van der Waals surface area contributed by atoms with Gasteiger partial charge in [0.15, 0.2) is 0 Å². The Morgan fingerprint density at radius 2 is 1.50 bits per heavy atom. The SMILES string of the molecule is Cc1ccc(C)c(CC(=O)N2CCN(C(=O)c3cc(C)c(F)cc3F)CC2)c1. The summed E-state index contributed by atoms with van der Waals surface area (Å²) in [5, 5.41) is 0. The molecule has 1 fully saturated rings. The van der Waals surface area contributed by atoms with Gasteiger partial charge in [0.05, 0.1) is 12.0 Å². The van der Waals surface area contributed by atoms with Gasteiger partial charge >= 0.3 is 0 Å². The average Bonchev–Trinajstić information content (AvgIpc) is 2.67. The van der Waals surface area contributed by atoms with Crippen LogP contribution in [0.15, 0.2) is 30.3 Å². The summed E-state index contributed by atoms with van der Waals surface area (Å²) >= 11 is 0. The number of carbonyl (C=O) groups excluding carboxylic acids is 2. The van der Waals surface area contributed by atoms with E-state index in [4.69, 9.17) is 0 Å². The highest BCUT2D eigenvalue weighted by molar-refractivity contribution is 5.95. The van der Waals surface area contributed by atoms with E-state index in [1.807, 2.05) is 32.0 Å². The number of piperazine rings is 1. The minimum atomic E-state index is -0.860. The standard InChI is InChI=1S/C22H24F2N2O2/c1-14-4-5-15(2)17(10-14)12-21(27)25-6-8-26(9-7-25)22(28)18-11-16(3)19(23)13-20(18)24/h4-5,10-11,13H,6-9,12H2,1-3H3. The zero-order valence-corrected chi connectivity index (χ0v) is 16.4. The predicted molar refractivity (Wildman–Crippen MR) is 103 cm³/mol. The molecule has 0 N–H and O–H groups in total. The summed E-state index contributed by atoms with van der Waals surface area (Å²) in [7, 11) is 0. The van der Waals surface area contributed by atoms with Crippen molar-refractivity contribution < 1.29 is 18.4 Å². The van der Waals surface area contributed by atoms with Gasteiger partial charge < -0.3 is 9.80 Å². The molecule has 2 aromatic carbocycles. The van der Waals surface area contributed by atoms with Gasteiger partial charge in [-0.1, -0.05) is 23.8 Å². The van der Waals surface area contributed by atoms with E-state index in [1.54, 1.807) is 4.90 Å². The molecule has 3 rings (SSSR count). The van der Waals surface area contributed by atoms with Gasteiger partial charge in [-0.15, -0.1) is 0 Å². The first-order chi connectivity index (χ1) is 13.3. The predicted octanol–water partition coefficient (Wildman–Crippen LogP) is 3.42. The molecule has 0 bridgehead atoms. The van der Waals surface area contributed by atoms with Crippen molar-refractivity contribution >= 4 is 11.8 Å². The number of hydrogen-bond donors (Lipinski definition) is 0. The van der Waals surface area contributed by atoms with E-state index in [1.165, 1.54) is 17.9 Å². The van der Waals surface area contributed by atoms with Gasteiger partial charge in [-0.2, -0.15) is 0 Å². The monoisotopic (exact) mass is 386 g/mol. The van der Waals surface area contributed by atoms with Crippen molar-refractivity contribution in [3.63, 3.8) is 0 Å². The lowest BCUT2D eigenvalue weighted by Crippen LogP contribution is -2.51. The minimum absolute atomic E-state index is 0.0182. The molecular formula is C22H24F2N2O2. The lowest BCUT2D eigenvalue weighted by molar-refractivity contribution is -0.131. The summed E-state index contributed by atoms with van der Waals surface area (Å²) in [5.74, 6) is -1.98. The van der Waals surface area contributed by atoms with Crippen molar-refractivity contribution in [2.45, 2.75) is 27.2 Å². The number of benzene rings is 2. The van der Waals surface area contributed by atoms with Gasteiger partial charge in [0.25, 0.3) is 5.91 Å². The average molecular weight is 386 g/mol. The number of amides is 2. The second-order valence-corrected chi connectivity index (χ2v) is 7.36. The van der Waals surface area contributed by atoms with Crippen LogP contribution < -0.4 is 0 Å². The third kappa shape index (κ3) is 4.21. The van der Waals surface area contributed by atoms with Crippen LogP contribution in [0.3, 0.4) is 0 Å². The topological polar surface area (TPSA) is 40.6 Å². The molecule has 4 nitrogen and oxygen atoms in total. The van der Waals surface area contributed by atoms with E-state index >= 15 is 0 Å². The van der Waals surface area contributed by atoms with E-state index in [2.05, 4.69) is 0 Å². The normalized spacial score (nSPS) is 14.3. The molecule has 1 aliphatic rings. The Balaban J connectivity index is 1.62. The van der Waals surface area contributed by atoms with Crippen LogP contribution >= 0.6 is 0 Å². The van der Waals surface area contributed by atoms with Crippen LogP contribution in [0, 0.1) is 32.4 Å². The lowest BCUT2D eigenvalue weighted by Gasteiger charge is -2.35. The third-order valence-electron chi connectivity index (χ3n) is 5.24. The van der Waals surface area contributed by atoms with Crippen LogP contribution in [0.1, 0.15) is 32.6 Å². The molecule has 28 heavy (non-hydrogen) atoms. The highest BCUT2D eigenvalue weighted by Gasteiger charge is 2.27. The first kappa shape index (κ1) is 20.0. The number of carbonyl (C=O) groups is 2. The fourth-order valence-corrected chi connectivity index (χ4v) is 3.42. The molecule has 2 amide bonds. The molecule has 0 saturated carbocycles. The quantitative estimate of drug-likeness (QED) is 0.811. The van der Waals surface area contributed by atoms with Crippen LogP contribution in [0.2, 0.25) is 0 Å². The largest absolute Gasteiger partial charge is 0.339 e. The molecule has 0 atom stereocenters. The van der Waals surface area contributed by atoms with Crippen molar-refractivity contribution in [1.29, 1.82) is 0 Å². The van der Waals surface area contributed by atoms with Crippen molar-refractivity contribution in [2.24, 2.45) is 0 Å². The van der Waals surface area contributed by atoms with Gasteiger partial charge in [0.2, 0.25) is 5.91 Å². The zero-order valence-electron chi connectivity index (χ0n) is 16.4. The van der Waals surface area contributed by atoms with Gasteiger partial charge in [0, 0.05) is 32.2 Å². The molecule has 0 aromatic heterocycles. The van der Waals surface area contributed by atoms with Crippen molar-refractivity contribution in [1.82, 2.24) is 9.80 Å². The van der Waals surface area contributed by atoms with Crippen molar-refractivity contribution in [3.05, 3.63) is 69.8 Å². The lowest BCUT2D eigenvalue weighted by atomic mass is 10.0. The maximum absolute atomic E-state index is 14.0. The second-order valence-electron chi connectivity index (χ2n) is 7.36. The van der Waals surface area contributed by atoms with E-state index in [0.29, 0.717) is 32.6 Å². The number of rotatable bonds is 3. The Morgan fingerprint density at radius 1 is 0.857 bits per heavy atom. The summed E-state index contributed by atoms with van der Waals surface area (Å²) in [6.07, 6.45) is 0.327. The van der Waals surface area contributed by atoms with E-state index in [-0.39, 0.29) is 17.0 Å². The number of aryl methyl sites for hydroxylation is 3. The molecule has 6 heteroatoms. The van der Waals surface area contributed by atoms with Gasteiger partial charge in [-0.3, -0.25) is 9.59 Å². The molecule has 0 aliphatic carbocycles. The van der Waals surface area contributed by atoms with E-state index in [0.717, 1.165) is 22.8 Å². The molecule has 2 aromatic rings. The first-order valence-corrected chi connectivity index (χ1v) is 9.35. The fraction of sp³-hybridized carbons (Fsp3) is 0.364. The van der Waals surface area contributed by atoms with Crippen LogP contribution in [0.4, 0.5) is 8.78 Å². The minimum Gasteiger partial charge on any atom is -0.339 e. The summed E-state index contributed by atoms with van der Waals surface area (Å²) in [4.78, 5) is 28.5. The molecule has 1 heterocycles. The van der Waals surface area contributed by atoms with Gasteiger partial charge in [-0.25, -0.2) is 8.78 Å². The van der Waals surface area contributed by atoms with E-state index in [9.17, 15) is 18.4 Å². The summed E-state index contributed by atoms with van der Waals surface area (Å²) in [6.45, 7) is 6.93. The van der Waals surface area contributed by atoms with E-state index < -0.39 is 17.5 Å².